The van der Waals surface area contributed by atoms with Gasteiger partial charge in [-0.3, -0.25) is 0 Å². The lowest BCUT2D eigenvalue weighted by Gasteiger charge is -2.04. The zero-order chi connectivity index (χ0) is 10.2. The average Bonchev–Trinajstić information content (AvgIpc) is 2.56. The van der Waals surface area contributed by atoms with Crippen molar-refractivity contribution in [1.29, 1.82) is 0 Å². The molecular weight excluding hydrogens is 186 g/mol. The van der Waals surface area contributed by atoms with Gasteiger partial charge in [0.2, 0.25) is 0 Å². The Morgan fingerprint density at radius 3 is 2.23 bits per heavy atom. The van der Waals surface area contributed by atoms with Crippen molar-refractivity contribution in [3.63, 3.8) is 0 Å². The highest BCUT2D eigenvalue weighted by Crippen LogP contribution is 2.12. The minimum atomic E-state index is -0.546. The second-order valence-electron chi connectivity index (χ2n) is 2.45. The second kappa shape index (κ2) is 6.80. The zero-order valence-electron chi connectivity index (χ0n) is 8.23. The molecule has 0 saturated carbocycles. The third-order valence-corrected chi connectivity index (χ3v) is 1.71. The highest BCUT2D eigenvalue weighted by Gasteiger charge is 2.19. The van der Waals surface area contributed by atoms with E-state index in [9.17, 15) is 0 Å². The lowest BCUT2D eigenvalue weighted by atomic mass is 10.3. The SMILES string of the molecule is CC1(C=S)N=CN=N1.CCOCC. The maximum atomic E-state index is 4.83. The topological polar surface area (TPSA) is 46.3 Å². The molecule has 0 aliphatic carbocycles. The molecule has 0 aromatic heterocycles. The second-order valence-corrected chi connectivity index (χ2v) is 2.69. The van der Waals surface area contributed by atoms with Gasteiger partial charge in [0.1, 0.15) is 6.34 Å². The van der Waals surface area contributed by atoms with Crippen LogP contribution in [0.4, 0.5) is 0 Å². The summed E-state index contributed by atoms with van der Waals surface area (Å²) in [5.41, 5.74) is -0.546. The Morgan fingerprint density at radius 2 is 2.08 bits per heavy atom. The fourth-order valence-electron chi connectivity index (χ4n) is 0.569. The first kappa shape index (κ1) is 12.3. The van der Waals surface area contributed by atoms with Crippen LogP contribution in [0.25, 0.3) is 0 Å². The average molecular weight is 201 g/mol. The lowest BCUT2D eigenvalue weighted by Crippen LogP contribution is -2.15. The van der Waals surface area contributed by atoms with E-state index in [1.54, 1.807) is 6.92 Å². The molecular formula is C8H15N3OS. The van der Waals surface area contributed by atoms with Gasteiger partial charge < -0.3 is 4.74 Å². The van der Waals surface area contributed by atoms with Crippen molar-refractivity contribution in [2.24, 2.45) is 15.2 Å². The molecule has 13 heavy (non-hydrogen) atoms. The van der Waals surface area contributed by atoms with Crippen molar-refractivity contribution in [1.82, 2.24) is 0 Å². The molecule has 1 atom stereocenters. The predicted octanol–water partition coefficient (Wildman–Crippen LogP) is 2.24. The fourth-order valence-corrected chi connectivity index (χ4v) is 0.677. The van der Waals surface area contributed by atoms with Crippen LogP contribution in [-0.2, 0) is 4.74 Å². The van der Waals surface area contributed by atoms with E-state index in [4.69, 9.17) is 4.74 Å². The van der Waals surface area contributed by atoms with Gasteiger partial charge in [-0.2, -0.15) is 5.11 Å². The van der Waals surface area contributed by atoms with E-state index in [0.29, 0.717) is 0 Å². The highest BCUT2D eigenvalue weighted by molar-refractivity contribution is 7.79. The molecule has 4 nitrogen and oxygen atoms in total. The van der Waals surface area contributed by atoms with Crippen molar-refractivity contribution in [2.45, 2.75) is 26.4 Å². The number of nitrogens with zero attached hydrogens (tertiary/aromatic N) is 3. The summed E-state index contributed by atoms with van der Waals surface area (Å²) in [5.74, 6) is 0. The van der Waals surface area contributed by atoms with Gasteiger partial charge in [0.25, 0.3) is 0 Å². The van der Waals surface area contributed by atoms with Gasteiger partial charge in [-0.05, 0) is 20.8 Å². The number of hydrogen-bond donors (Lipinski definition) is 0. The fraction of sp³-hybridized carbons (Fsp3) is 0.750. The largest absolute Gasteiger partial charge is 0.382 e. The van der Waals surface area contributed by atoms with E-state index in [0.717, 1.165) is 13.2 Å². The Morgan fingerprint density at radius 1 is 1.46 bits per heavy atom. The Balaban J connectivity index is 0.000000252. The van der Waals surface area contributed by atoms with Crippen molar-refractivity contribution < 1.29 is 4.74 Å². The first-order valence-electron chi connectivity index (χ1n) is 4.18. The quantitative estimate of drug-likeness (QED) is 0.657. The first-order chi connectivity index (χ1) is 6.18. The summed E-state index contributed by atoms with van der Waals surface area (Å²) in [6.45, 7) is 7.47. The zero-order valence-corrected chi connectivity index (χ0v) is 9.04. The van der Waals surface area contributed by atoms with Crippen LogP contribution in [0.3, 0.4) is 0 Å². The molecule has 0 aromatic rings. The standard InChI is InChI=1S/C4H5N3S.C4H10O/c1-4(2-8)5-3-6-7-4;1-3-5-4-2/h2-3H,1H3;3-4H2,1-2H3. The molecule has 1 aliphatic heterocycles. The van der Waals surface area contributed by atoms with Gasteiger partial charge in [0, 0.05) is 18.6 Å². The Kier molecular flexibility index (Phi) is 6.44. The van der Waals surface area contributed by atoms with E-state index in [1.165, 1.54) is 11.7 Å². The summed E-state index contributed by atoms with van der Waals surface area (Å²) in [5, 5.41) is 8.76. The number of hydrogen-bond acceptors (Lipinski definition) is 5. The summed E-state index contributed by atoms with van der Waals surface area (Å²) in [6, 6.07) is 0. The van der Waals surface area contributed by atoms with Gasteiger partial charge in [-0.15, -0.1) is 5.11 Å². The van der Waals surface area contributed by atoms with E-state index in [1.807, 2.05) is 13.8 Å². The molecule has 0 saturated heterocycles. The Hall–Kier alpha value is -0.680. The summed E-state index contributed by atoms with van der Waals surface area (Å²) < 4.78 is 4.83. The molecule has 0 bridgehead atoms. The van der Waals surface area contributed by atoms with E-state index < -0.39 is 5.66 Å². The predicted molar refractivity (Wildman–Crippen MR) is 57.6 cm³/mol. The minimum absolute atomic E-state index is 0.546. The van der Waals surface area contributed by atoms with Gasteiger partial charge in [0.15, 0.2) is 5.66 Å². The minimum Gasteiger partial charge on any atom is -0.382 e. The molecule has 5 heteroatoms. The number of thiocarbonyl (C=S) groups is 1. The first-order valence-corrected chi connectivity index (χ1v) is 4.65. The molecule has 1 rings (SSSR count). The summed E-state index contributed by atoms with van der Waals surface area (Å²) in [6.07, 6.45) is 1.41. The smallest absolute Gasteiger partial charge is 0.198 e. The molecule has 0 radical (unpaired) electrons. The molecule has 0 amide bonds. The number of azo groups is 1. The molecule has 74 valence electrons. The normalized spacial score (nSPS) is 23.9. The monoisotopic (exact) mass is 201 g/mol. The third-order valence-electron chi connectivity index (χ3n) is 1.26. The van der Waals surface area contributed by atoms with Crippen LogP contribution in [0.2, 0.25) is 0 Å². The van der Waals surface area contributed by atoms with Crippen LogP contribution in [0.1, 0.15) is 20.8 Å². The van der Waals surface area contributed by atoms with Gasteiger partial charge in [-0.1, -0.05) is 12.2 Å². The van der Waals surface area contributed by atoms with Crippen LogP contribution in [-0.4, -0.2) is 30.6 Å². The number of ether oxygens (including phenoxy) is 1. The Bertz CT molecular complexity index is 190. The number of aliphatic imine (C=N–C) groups is 1. The van der Waals surface area contributed by atoms with E-state index in [2.05, 4.69) is 27.4 Å². The van der Waals surface area contributed by atoms with E-state index in [-0.39, 0.29) is 0 Å². The summed E-state index contributed by atoms with van der Waals surface area (Å²) in [4.78, 5) is 3.87. The van der Waals surface area contributed by atoms with Crippen molar-refractivity contribution in [2.75, 3.05) is 13.2 Å². The van der Waals surface area contributed by atoms with Gasteiger partial charge in [-0.25, -0.2) is 4.99 Å². The third kappa shape index (κ3) is 5.54. The van der Waals surface area contributed by atoms with Gasteiger partial charge >= 0.3 is 0 Å². The van der Waals surface area contributed by atoms with Crippen LogP contribution in [0, 0.1) is 0 Å². The maximum absolute atomic E-state index is 4.83. The van der Waals surface area contributed by atoms with Crippen molar-refractivity contribution in [3.05, 3.63) is 0 Å². The molecule has 0 aromatic carbocycles. The highest BCUT2D eigenvalue weighted by atomic mass is 32.1. The number of rotatable bonds is 3. The Labute approximate surface area is 84.1 Å². The van der Waals surface area contributed by atoms with Crippen LogP contribution < -0.4 is 0 Å². The molecule has 1 unspecified atom stereocenters. The summed E-state index contributed by atoms with van der Waals surface area (Å²) in [7, 11) is 0. The van der Waals surface area contributed by atoms with Crippen LogP contribution in [0.15, 0.2) is 15.2 Å². The van der Waals surface area contributed by atoms with Crippen LogP contribution in [0.5, 0.6) is 0 Å². The molecule has 0 fully saturated rings. The van der Waals surface area contributed by atoms with Crippen molar-refractivity contribution in [3.8, 4) is 0 Å². The summed E-state index contributed by atoms with van der Waals surface area (Å²) >= 11 is 4.63. The lowest BCUT2D eigenvalue weighted by molar-refractivity contribution is 0.162. The molecule has 0 spiro atoms. The molecule has 1 heterocycles. The van der Waals surface area contributed by atoms with Crippen LogP contribution >= 0.6 is 12.2 Å². The molecule has 1 aliphatic rings. The van der Waals surface area contributed by atoms with Gasteiger partial charge in [0.05, 0.1) is 0 Å². The van der Waals surface area contributed by atoms with Crippen molar-refractivity contribution >= 4 is 23.9 Å². The maximum Gasteiger partial charge on any atom is 0.198 e. The molecule has 0 N–H and O–H groups in total. The van der Waals surface area contributed by atoms with E-state index >= 15 is 0 Å².